The van der Waals surface area contributed by atoms with Crippen LogP contribution in [0.1, 0.15) is 59.3 Å². The molecule has 0 aromatic carbocycles. The quantitative estimate of drug-likeness (QED) is 0.852. The minimum absolute atomic E-state index is 0.113. The van der Waals surface area contributed by atoms with Crippen LogP contribution < -0.4 is 5.32 Å². The second kappa shape index (κ2) is 5.82. The van der Waals surface area contributed by atoms with Gasteiger partial charge in [0.2, 0.25) is 5.91 Å². The highest BCUT2D eigenvalue weighted by molar-refractivity contribution is 5.83. The van der Waals surface area contributed by atoms with Gasteiger partial charge in [-0.25, -0.2) is 0 Å². The maximum Gasteiger partial charge on any atom is 0.230 e. The van der Waals surface area contributed by atoms with Crippen LogP contribution in [0.4, 0.5) is 0 Å². The Morgan fingerprint density at radius 2 is 1.84 bits per heavy atom. The fourth-order valence-corrected chi connectivity index (χ4v) is 3.54. The first kappa shape index (κ1) is 14.8. The molecule has 2 aliphatic heterocycles. The van der Waals surface area contributed by atoms with Crippen LogP contribution in [-0.4, -0.2) is 37.0 Å². The number of amides is 1. The summed E-state index contributed by atoms with van der Waals surface area (Å²) >= 11 is 0. The Kier molecular flexibility index (Phi) is 4.54. The van der Waals surface area contributed by atoms with Gasteiger partial charge in [0.15, 0.2) is 0 Å². The van der Waals surface area contributed by atoms with E-state index >= 15 is 0 Å². The van der Waals surface area contributed by atoms with Gasteiger partial charge >= 0.3 is 0 Å². The van der Waals surface area contributed by atoms with E-state index in [9.17, 15) is 4.79 Å². The maximum atomic E-state index is 12.9. The van der Waals surface area contributed by atoms with Gasteiger partial charge < -0.3 is 10.2 Å². The Bertz CT molecular complexity index is 313. The molecule has 0 radical (unpaired) electrons. The Balaban J connectivity index is 2.00. The highest BCUT2D eigenvalue weighted by Crippen LogP contribution is 2.37. The summed E-state index contributed by atoms with van der Waals surface area (Å²) in [6.07, 6.45) is 6.75. The van der Waals surface area contributed by atoms with E-state index in [0.29, 0.717) is 11.3 Å². The van der Waals surface area contributed by atoms with Gasteiger partial charge in [0.25, 0.3) is 0 Å². The second-order valence-electron chi connectivity index (χ2n) is 6.87. The van der Waals surface area contributed by atoms with Gasteiger partial charge in [0, 0.05) is 19.6 Å². The summed E-state index contributed by atoms with van der Waals surface area (Å²) in [7, 11) is 0. The van der Waals surface area contributed by atoms with E-state index in [1.165, 1.54) is 19.3 Å². The van der Waals surface area contributed by atoms with Gasteiger partial charge in [0.05, 0.1) is 5.41 Å². The van der Waals surface area contributed by atoms with Crippen molar-refractivity contribution in [1.29, 1.82) is 0 Å². The molecule has 2 saturated heterocycles. The van der Waals surface area contributed by atoms with Crippen LogP contribution in [0.15, 0.2) is 0 Å². The van der Waals surface area contributed by atoms with Gasteiger partial charge in [-0.15, -0.1) is 0 Å². The third kappa shape index (κ3) is 2.96. The fraction of sp³-hybridized carbons (Fsp3) is 0.938. The lowest BCUT2D eigenvalue weighted by Gasteiger charge is -2.44. The first-order valence-corrected chi connectivity index (χ1v) is 8.05. The van der Waals surface area contributed by atoms with E-state index in [-0.39, 0.29) is 5.41 Å². The van der Waals surface area contributed by atoms with Gasteiger partial charge in [-0.1, -0.05) is 27.2 Å². The number of nitrogens with one attached hydrogen (secondary N) is 1. The van der Waals surface area contributed by atoms with E-state index in [1.54, 1.807) is 0 Å². The standard InChI is InChI=1S/C16H30N2O/c1-4-15(3)8-11-18(12-9-15)14(19)16(5-2)7-6-10-17-13-16/h17H,4-13H2,1-3H3. The van der Waals surface area contributed by atoms with Crippen LogP contribution in [-0.2, 0) is 4.79 Å². The molecule has 1 N–H and O–H groups in total. The molecule has 3 heteroatoms. The molecule has 110 valence electrons. The molecule has 19 heavy (non-hydrogen) atoms. The normalized spacial score (nSPS) is 31.2. The van der Waals surface area contributed by atoms with E-state index in [4.69, 9.17) is 0 Å². The fourth-order valence-electron chi connectivity index (χ4n) is 3.54. The number of piperidine rings is 2. The van der Waals surface area contributed by atoms with Crippen molar-refractivity contribution >= 4 is 5.91 Å². The third-order valence-corrected chi connectivity index (χ3v) is 5.71. The zero-order valence-electron chi connectivity index (χ0n) is 12.9. The van der Waals surface area contributed by atoms with E-state index < -0.39 is 0 Å². The van der Waals surface area contributed by atoms with Gasteiger partial charge in [0.1, 0.15) is 0 Å². The monoisotopic (exact) mass is 266 g/mol. The van der Waals surface area contributed by atoms with Crippen molar-refractivity contribution in [1.82, 2.24) is 10.2 Å². The Morgan fingerprint density at radius 3 is 2.32 bits per heavy atom. The molecule has 1 amide bonds. The number of hydrogen-bond donors (Lipinski definition) is 1. The van der Waals surface area contributed by atoms with Crippen LogP contribution in [0.3, 0.4) is 0 Å². The van der Waals surface area contributed by atoms with Crippen LogP contribution in [0.25, 0.3) is 0 Å². The molecule has 0 saturated carbocycles. The summed E-state index contributed by atoms with van der Waals surface area (Å²) in [6.45, 7) is 10.7. The van der Waals surface area contributed by atoms with Gasteiger partial charge in [-0.3, -0.25) is 4.79 Å². The molecule has 0 spiro atoms. The van der Waals surface area contributed by atoms with E-state index in [1.807, 2.05) is 0 Å². The molecular formula is C16H30N2O. The number of likely N-dealkylation sites (tertiary alicyclic amines) is 1. The smallest absolute Gasteiger partial charge is 0.230 e. The number of hydrogen-bond acceptors (Lipinski definition) is 2. The predicted octanol–water partition coefficient (Wildman–Crippen LogP) is 2.80. The Morgan fingerprint density at radius 1 is 1.16 bits per heavy atom. The van der Waals surface area contributed by atoms with Crippen LogP contribution in [0, 0.1) is 10.8 Å². The lowest BCUT2D eigenvalue weighted by molar-refractivity contribution is -0.146. The first-order valence-electron chi connectivity index (χ1n) is 8.05. The molecule has 1 atom stereocenters. The molecule has 2 fully saturated rings. The summed E-state index contributed by atoms with van der Waals surface area (Å²) in [5.74, 6) is 0.417. The minimum atomic E-state index is -0.113. The average molecular weight is 266 g/mol. The minimum Gasteiger partial charge on any atom is -0.342 e. The SMILES string of the molecule is CCC1(C)CCN(C(=O)C2(CC)CCCNC2)CC1. The maximum absolute atomic E-state index is 12.9. The average Bonchev–Trinajstić information content (AvgIpc) is 2.48. The predicted molar refractivity (Wildman–Crippen MR) is 79.0 cm³/mol. The largest absolute Gasteiger partial charge is 0.342 e. The molecular weight excluding hydrogens is 236 g/mol. The number of nitrogens with zero attached hydrogens (tertiary/aromatic N) is 1. The van der Waals surface area contributed by atoms with Crippen molar-refractivity contribution < 1.29 is 4.79 Å². The van der Waals surface area contributed by atoms with Crippen molar-refractivity contribution in [3.63, 3.8) is 0 Å². The zero-order chi connectivity index (χ0) is 13.9. The van der Waals surface area contributed by atoms with E-state index in [2.05, 4.69) is 31.0 Å². The van der Waals surface area contributed by atoms with Gasteiger partial charge in [-0.2, -0.15) is 0 Å². The second-order valence-corrected chi connectivity index (χ2v) is 6.87. The van der Waals surface area contributed by atoms with Gasteiger partial charge in [-0.05, 0) is 44.1 Å². The first-order chi connectivity index (χ1) is 9.05. The van der Waals surface area contributed by atoms with Crippen molar-refractivity contribution in [2.24, 2.45) is 10.8 Å². The molecule has 2 rings (SSSR count). The molecule has 2 heterocycles. The summed E-state index contributed by atoms with van der Waals surface area (Å²) in [4.78, 5) is 15.0. The summed E-state index contributed by atoms with van der Waals surface area (Å²) < 4.78 is 0. The third-order valence-electron chi connectivity index (χ3n) is 5.71. The summed E-state index contributed by atoms with van der Waals surface area (Å²) in [5.41, 5.74) is 0.346. The summed E-state index contributed by atoms with van der Waals surface area (Å²) in [5, 5.41) is 3.43. The lowest BCUT2D eigenvalue weighted by Crippen LogP contribution is -2.54. The molecule has 0 aromatic rings. The molecule has 1 unspecified atom stereocenters. The number of rotatable bonds is 3. The lowest BCUT2D eigenvalue weighted by atomic mass is 9.74. The highest BCUT2D eigenvalue weighted by Gasteiger charge is 2.42. The molecule has 0 bridgehead atoms. The summed E-state index contributed by atoms with van der Waals surface area (Å²) in [6, 6.07) is 0. The molecule has 0 aromatic heterocycles. The van der Waals surface area contributed by atoms with Crippen molar-refractivity contribution in [2.75, 3.05) is 26.2 Å². The van der Waals surface area contributed by atoms with Crippen molar-refractivity contribution in [3.8, 4) is 0 Å². The number of carbonyl (C=O) groups is 1. The zero-order valence-corrected chi connectivity index (χ0v) is 12.9. The highest BCUT2D eigenvalue weighted by atomic mass is 16.2. The van der Waals surface area contributed by atoms with Crippen molar-refractivity contribution in [3.05, 3.63) is 0 Å². The topological polar surface area (TPSA) is 32.3 Å². The Hall–Kier alpha value is -0.570. The molecule has 2 aliphatic rings. The van der Waals surface area contributed by atoms with Crippen LogP contribution in [0.5, 0.6) is 0 Å². The molecule has 0 aliphatic carbocycles. The van der Waals surface area contributed by atoms with Crippen molar-refractivity contribution in [2.45, 2.75) is 59.3 Å². The van der Waals surface area contributed by atoms with Crippen LogP contribution >= 0.6 is 0 Å². The Labute approximate surface area is 118 Å². The molecule has 3 nitrogen and oxygen atoms in total. The number of carbonyl (C=O) groups excluding carboxylic acids is 1. The van der Waals surface area contributed by atoms with Crippen LogP contribution in [0.2, 0.25) is 0 Å². The van der Waals surface area contributed by atoms with E-state index in [0.717, 1.165) is 45.4 Å².